The Morgan fingerprint density at radius 3 is 1.34 bits per heavy atom. The SMILES string of the molecule is CC/C=C\C/C=C\C/C=C\C/C=C\C/C=C\C/C=C\CCC(=O)OC(COCCC(C(=O)[O-])[N+](C)(C)C)COC(=O)CCCC/C=C\C/C=C\C/C=C\C/C=C\CC. The van der Waals surface area contributed by atoms with E-state index >= 15 is 0 Å². The highest BCUT2D eigenvalue weighted by molar-refractivity contribution is 5.70. The first-order chi connectivity index (χ1) is 28.1. The maximum Gasteiger partial charge on any atom is 0.306 e. The van der Waals surface area contributed by atoms with Gasteiger partial charge in [-0.25, -0.2) is 0 Å². The van der Waals surface area contributed by atoms with Gasteiger partial charge in [-0.1, -0.05) is 135 Å². The molecule has 0 aliphatic rings. The molecule has 0 aromatic rings. The van der Waals surface area contributed by atoms with Crippen LogP contribution in [0.3, 0.4) is 0 Å². The van der Waals surface area contributed by atoms with Crippen LogP contribution in [0, 0.1) is 0 Å². The van der Waals surface area contributed by atoms with Crippen LogP contribution in [0.1, 0.15) is 123 Å². The van der Waals surface area contributed by atoms with Crippen molar-refractivity contribution in [2.75, 3.05) is 41.0 Å². The predicted octanol–water partition coefficient (Wildman–Crippen LogP) is 10.5. The predicted molar refractivity (Wildman–Crippen MR) is 240 cm³/mol. The van der Waals surface area contributed by atoms with Gasteiger partial charge in [-0.05, 0) is 89.9 Å². The van der Waals surface area contributed by atoms with Crippen LogP contribution >= 0.6 is 0 Å². The maximum absolute atomic E-state index is 12.7. The molecule has 0 bridgehead atoms. The first kappa shape index (κ1) is 53.7. The third-order valence-corrected chi connectivity index (χ3v) is 8.61. The summed E-state index contributed by atoms with van der Waals surface area (Å²) in [6.07, 6.45) is 55.3. The summed E-state index contributed by atoms with van der Waals surface area (Å²) in [6.45, 7) is 4.27. The minimum atomic E-state index is -1.15. The first-order valence-electron chi connectivity index (χ1n) is 21.6. The van der Waals surface area contributed by atoms with Crippen molar-refractivity contribution in [2.45, 2.75) is 135 Å². The summed E-state index contributed by atoms with van der Waals surface area (Å²) in [7, 11) is 5.35. The van der Waals surface area contributed by atoms with Gasteiger partial charge in [-0.2, -0.15) is 0 Å². The molecule has 0 aliphatic carbocycles. The number of carboxylic acids is 1. The highest BCUT2D eigenvalue weighted by Crippen LogP contribution is 2.10. The molecular weight excluding hydrogens is 727 g/mol. The van der Waals surface area contributed by atoms with Crippen molar-refractivity contribution in [3.8, 4) is 0 Å². The third kappa shape index (κ3) is 37.3. The van der Waals surface area contributed by atoms with E-state index in [1.165, 1.54) is 0 Å². The molecule has 2 atom stereocenters. The van der Waals surface area contributed by atoms with Gasteiger partial charge in [0.25, 0.3) is 0 Å². The van der Waals surface area contributed by atoms with E-state index in [-0.39, 0.29) is 49.5 Å². The van der Waals surface area contributed by atoms with Crippen LogP contribution in [0.5, 0.6) is 0 Å². The van der Waals surface area contributed by atoms with Gasteiger partial charge < -0.3 is 28.6 Å². The lowest BCUT2D eigenvalue weighted by Gasteiger charge is -2.34. The van der Waals surface area contributed by atoms with Crippen molar-refractivity contribution >= 4 is 17.9 Å². The molecule has 0 saturated heterocycles. The third-order valence-electron chi connectivity index (χ3n) is 8.61. The van der Waals surface area contributed by atoms with Gasteiger partial charge in [0.1, 0.15) is 12.6 Å². The van der Waals surface area contributed by atoms with Gasteiger partial charge in [0.05, 0.1) is 40.3 Å². The number of nitrogens with zero attached hydrogens (tertiary/aromatic N) is 1. The fourth-order valence-corrected chi connectivity index (χ4v) is 5.32. The molecule has 8 heteroatoms. The normalized spacial score (nSPS) is 14.2. The van der Waals surface area contributed by atoms with Crippen molar-refractivity contribution in [1.29, 1.82) is 0 Å². The zero-order chi connectivity index (χ0) is 42.8. The number of quaternary nitrogens is 1. The highest BCUT2D eigenvalue weighted by atomic mass is 16.6. The number of likely N-dealkylation sites (N-methyl/N-ethyl adjacent to an activating group) is 1. The smallest absolute Gasteiger partial charge is 0.306 e. The Hall–Kier alpha value is -4.27. The van der Waals surface area contributed by atoms with E-state index in [2.05, 4.69) is 123 Å². The number of ether oxygens (including phenoxy) is 3. The summed E-state index contributed by atoms with van der Waals surface area (Å²) in [5, 5.41) is 11.6. The van der Waals surface area contributed by atoms with E-state index in [1.807, 2.05) is 12.2 Å². The van der Waals surface area contributed by atoms with Crippen LogP contribution in [0.2, 0.25) is 0 Å². The van der Waals surface area contributed by atoms with Crippen LogP contribution in [0.25, 0.3) is 0 Å². The van der Waals surface area contributed by atoms with E-state index in [0.29, 0.717) is 12.8 Å². The number of carbonyl (C=O) groups excluding carboxylic acids is 3. The number of carbonyl (C=O) groups is 3. The standard InChI is InChI=1S/C50H77NO7/c1-6-8-10-12-14-16-18-20-22-23-24-25-27-29-31-33-35-37-39-41-49(53)58-46(44-56-43-42-47(50(54)55)51(3,4)5)45-57-48(52)40-38-36-34-32-30-28-26-21-19-17-15-13-11-9-7-2/h8-11,14-17,20-22,24-26,29-32,35,37,46-47H,6-7,12-13,18-19,23,27-28,33-34,36,38-45H2,1-5H3/b10-8-,11-9-,16-14-,17-15-,22-20-,25-24-,26-21-,31-29-,32-30-,37-35-. The molecule has 2 unspecified atom stereocenters. The Kier molecular flexibility index (Phi) is 36.6. The lowest BCUT2D eigenvalue weighted by atomic mass is 10.1. The molecule has 0 N–H and O–H groups in total. The second-order valence-electron chi connectivity index (χ2n) is 14.8. The Bertz CT molecular complexity index is 1350. The average molecular weight is 804 g/mol. The van der Waals surface area contributed by atoms with Crippen molar-refractivity contribution in [2.24, 2.45) is 0 Å². The molecular formula is C50H77NO7. The van der Waals surface area contributed by atoms with Crippen molar-refractivity contribution < 1.29 is 38.2 Å². The number of allylic oxidation sites excluding steroid dienone is 20. The van der Waals surface area contributed by atoms with Crippen LogP contribution < -0.4 is 5.11 Å². The van der Waals surface area contributed by atoms with Crippen molar-refractivity contribution in [3.63, 3.8) is 0 Å². The first-order valence-corrected chi connectivity index (χ1v) is 21.6. The fraction of sp³-hybridized carbons (Fsp3) is 0.540. The lowest BCUT2D eigenvalue weighted by molar-refractivity contribution is -0.889. The van der Waals surface area contributed by atoms with Gasteiger partial charge in [0.2, 0.25) is 0 Å². The molecule has 58 heavy (non-hydrogen) atoms. The molecule has 0 aliphatic heterocycles. The molecule has 0 saturated carbocycles. The second kappa shape index (κ2) is 39.6. The minimum absolute atomic E-state index is 0.0122. The van der Waals surface area contributed by atoms with Crippen LogP contribution in [0.15, 0.2) is 122 Å². The van der Waals surface area contributed by atoms with Crippen LogP contribution in [0.4, 0.5) is 0 Å². The molecule has 0 heterocycles. The Morgan fingerprint density at radius 1 is 0.517 bits per heavy atom. The van der Waals surface area contributed by atoms with Crippen LogP contribution in [-0.4, -0.2) is 75.5 Å². The Balaban J connectivity index is 4.59. The molecule has 0 aromatic heterocycles. The van der Waals surface area contributed by atoms with E-state index in [9.17, 15) is 19.5 Å². The maximum atomic E-state index is 12.7. The van der Waals surface area contributed by atoms with E-state index in [4.69, 9.17) is 14.2 Å². The summed E-state index contributed by atoms with van der Waals surface area (Å²) in [5.74, 6) is -1.92. The van der Waals surface area contributed by atoms with Gasteiger partial charge in [0, 0.05) is 19.3 Å². The largest absolute Gasteiger partial charge is 0.544 e. The summed E-state index contributed by atoms with van der Waals surface area (Å²) >= 11 is 0. The summed E-state index contributed by atoms with van der Waals surface area (Å²) in [6, 6.07) is -0.753. The summed E-state index contributed by atoms with van der Waals surface area (Å²) in [4.78, 5) is 36.8. The number of aliphatic carboxylic acids is 1. The van der Waals surface area contributed by atoms with Gasteiger partial charge in [0.15, 0.2) is 6.10 Å². The number of unbranched alkanes of at least 4 members (excludes halogenated alkanes) is 2. The molecule has 0 aromatic carbocycles. The summed E-state index contributed by atoms with van der Waals surface area (Å²) in [5.41, 5.74) is 0. The molecule has 0 rings (SSSR count). The molecule has 8 nitrogen and oxygen atoms in total. The van der Waals surface area contributed by atoms with Gasteiger partial charge in [-0.15, -0.1) is 0 Å². The molecule has 324 valence electrons. The Morgan fingerprint density at radius 2 is 0.931 bits per heavy atom. The number of esters is 2. The zero-order valence-corrected chi connectivity index (χ0v) is 36.6. The number of hydrogen-bond acceptors (Lipinski definition) is 7. The fourth-order valence-electron chi connectivity index (χ4n) is 5.32. The van der Waals surface area contributed by atoms with Gasteiger partial charge in [-0.3, -0.25) is 9.59 Å². The minimum Gasteiger partial charge on any atom is -0.544 e. The number of carboxylic acid groups (broad SMARTS) is 1. The monoisotopic (exact) mass is 804 g/mol. The van der Waals surface area contributed by atoms with Crippen molar-refractivity contribution in [1.82, 2.24) is 0 Å². The number of hydrogen-bond donors (Lipinski definition) is 0. The average Bonchev–Trinajstić information content (AvgIpc) is 3.18. The number of rotatable bonds is 36. The van der Waals surface area contributed by atoms with Gasteiger partial charge >= 0.3 is 11.9 Å². The second-order valence-corrected chi connectivity index (χ2v) is 14.8. The van der Waals surface area contributed by atoms with E-state index in [1.54, 1.807) is 21.1 Å². The van der Waals surface area contributed by atoms with E-state index in [0.717, 1.165) is 77.0 Å². The molecule has 0 amide bonds. The highest BCUT2D eigenvalue weighted by Gasteiger charge is 2.25. The molecule has 0 fully saturated rings. The quantitative estimate of drug-likeness (QED) is 0.0269. The lowest BCUT2D eigenvalue weighted by Crippen LogP contribution is -2.55. The Labute approximate surface area is 352 Å². The topological polar surface area (TPSA) is 102 Å². The summed E-state index contributed by atoms with van der Waals surface area (Å²) < 4.78 is 17.0. The van der Waals surface area contributed by atoms with Crippen LogP contribution in [-0.2, 0) is 28.6 Å². The molecule has 0 spiro atoms. The zero-order valence-electron chi connectivity index (χ0n) is 36.6. The van der Waals surface area contributed by atoms with Crippen molar-refractivity contribution in [3.05, 3.63) is 122 Å². The molecule has 0 radical (unpaired) electrons. The van der Waals surface area contributed by atoms with E-state index < -0.39 is 24.1 Å².